The number of carbonyl (C=O) groups excluding carboxylic acids is 2. The zero-order valence-electron chi connectivity index (χ0n) is 19.9. The van der Waals surface area contributed by atoms with Crippen LogP contribution in [0.5, 0.6) is 0 Å². The van der Waals surface area contributed by atoms with Gasteiger partial charge >= 0.3 is 6.09 Å². The maximum atomic E-state index is 13.0. The van der Waals surface area contributed by atoms with E-state index in [9.17, 15) is 9.59 Å². The van der Waals surface area contributed by atoms with Crippen molar-refractivity contribution in [2.75, 3.05) is 26.4 Å². The lowest BCUT2D eigenvalue weighted by molar-refractivity contribution is -0.170. The van der Waals surface area contributed by atoms with Gasteiger partial charge in [0, 0.05) is 19.8 Å². The van der Waals surface area contributed by atoms with E-state index in [1.807, 2.05) is 0 Å². The number of rotatable bonds is 13. The van der Waals surface area contributed by atoms with Crippen LogP contribution in [-0.2, 0) is 23.7 Å². The Kier molecular flexibility index (Phi) is 12.5. The lowest BCUT2D eigenvalue weighted by atomic mass is 9.95. The molecule has 1 aliphatic rings. The van der Waals surface area contributed by atoms with Crippen molar-refractivity contribution >= 4 is 12.0 Å². The maximum absolute atomic E-state index is 13.0. The van der Waals surface area contributed by atoms with E-state index in [-0.39, 0.29) is 25.0 Å². The third-order valence-corrected chi connectivity index (χ3v) is 4.88. The Hall–Kier alpha value is -1.18. The minimum absolute atomic E-state index is 0.102. The van der Waals surface area contributed by atoms with E-state index in [1.54, 1.807) is 20.8 Å². The molecule has 1 fully saturated rings. The summed E-state index contributed by atoms with van der Waals surface area (Å²) in [7, 11) is 0. The van der Waals surface area contributed by atoms with E-state index >= 15 is 0 Å². The Bertz CT molecular complexity index is 504. The van der Waals surface area contributed by atoms with Gasteiger partial charge in [0.25, 0.3) is 0 Å². The predicted octanol–water partition coefficient (Wildman–Crippen LogP) is 4.71. The van der Waals surface area contributed by atoms with Gasteiger partial charge < -0.3 is 18.9 Å². The highest BCUT2D eigenvalue weighted by Gasteiger charge is 2.47. The number of likely N-dealkylation sites (tertiary alicyclic amines) is 1. The fraction of sp³-hybridized carbons (Fsp3) is 0.913. The average Bonchev–Trinajstić information content (AvgIpc) is 2.65. The summed E-state index contributed by atoms with van der Waals surface area (Å²) in [5.74, 6) is -0.301. The second kappa shape index (κ2) is 14.0. The molecule has 3 atom stereocenters. The molecule has 1 aliphatic heterocycles. The van der Waals surface area contributed by atoms with Gasteiger partial charge in [-0.15, -0.1) is 0 Å². The highest BCUT2D eigenvalue weighted by molar-refractivity contribution is 5.93. The molecule has 30 heavy (non-hydrogen) atoms. The molecule has 176 valence electrons. The molecule has 0 spiro atoms. The SMILES string of the molecule is CCCCOCC1[C@H](OCCCC)[C@H](OCCCC)CC(=O)N1C(=O)OC(C)(C)C. The quantitative estimate of drug-likeness (QED) is 0.395. The summed E-state index contributed by atoms with van der Waals surface area (Å²) in [6.45, 7) is 13.6. The maximum Gasteiger partial charge on any atom is 0.417 e. The summed E-state index contributed by atoms with van der Waals surface area (Å²) in [5.41, 5.74) is -0.696. The van der Waals surface area contributed by atoms with Crippen LogP contribution in [0.25, 0.3) is 0 Å². The molecule has 2 amide bonds. The van der Waals surface area contributed by atoms with E-state index in [1.165, 1.54) is 4.90 Å². The van der Waals surface area contributed by atoms with Gasteiger partial charge in [0.2, 0.25) is 5.91 Å². The number of piperidine rings is 1. The van der Waals surface area contributed by atoms with Crippen molar-refractivity contribution in [2.24, 2.45) is 0 Å². The van der Waals surface area contributed by atoms with Crippen molar-refractivity contribution in [3.05, 3.63) is 0 Å². The van der Waals surface area contributed by atoms with E-state index in [2.05, 4.69) is 20.8 Å². The van der Waals surface area contributed by atoms with Gasteiger partial charge in [0.05, 0.1) is 25.2 Å². The van der Waals surface area contributed by atoms with Gasteiger partial charge in [-0.1, -0.05) is 40.0 Å². The van der Waals surface area contributed by atoms with E-state index in [4.69, 9.17) is 18.9 Å². The average molecular weight is 430 g/mol. The van der Waals surface area contributed by atoms with Crippen LogP contribution >= 0.6 is 0 Å². The van der Waals surface area contributed by atoms with Crippen molar-refractivity contribution in [2.45, 2.75) is 110 Å². The van der Waals surface area contributed by atoms with E-state index < -0.39 is 23.8 Å². The van der Waals surface area contributed by atoms with Gasteiger partial charge in [0.15, 0.2) is 0 Å². The molecule has 1 saturated heterocycles. The first-order valence-corrected chi connectivity index (χ1v) is 11.6. The Morgan fingerprint density at radius 1 is 0.967 bits per heavy atom. The number of amides is 2. The molecule has 0 aromatic rings. The Labute approximate surface area is 182 Å². The number of carbonyl (C=O) groups is 2. The Morgan fingerprint density at radius 3 is 2.10 bits per heavy atom. The predicted molar refractivity (Wildman–Crippen MR) is 117 cm³/mol. The molecule has 0 saturated carbocycles. The molecule has 0 aliphatic carbocycles. The van der Waals surface area contributed by atoms with Gasteiger partial charge in [-0.05, 0) is 40.0 Å². The largest absolute Gasteiger partial charge is 0.443 e. The molecule has 1 unspecified atom stereocenters. The van der Waals surface area contributed by atoms with Crippen LogP contribution < -0.4 is 0 Å². The van der Waals surface area contributed by atoms with Gasteiger partial charge in [-0.3, -0.25) is 4.79 Å². The summed E-state index contributed by atoms with van der Waals surface area (Å²) in [5, 5.41) is 0. The molecule has 0 aromatic carbocycles. The topological polar surface area (TPSA) is 74.3 Å². The molecule has 0 N–H and O–H groups in total. The number of imide groups is 1. The van der Waals surface area contributed by atoms with Crippen molar-refractivity contribution < 1.29 is 28.5 Å². The van der Waals surface area contributed by atoms with Gasteiger partial charge in [-0.2, -0.15) is 0 Å². The number of ether oxygens (including phenoxy) is 4. The van der Waals surface area contributed by atoms with Crippen molar-refractivity contribution in [1.29, 1.82) is 0 Å². The third kappa shape index (κ3) is 9.31. The van der Waals surface area contributed by atoms with Crippen LogP contribution in [0.3, 0.4) is 0 Å². The Balaban J connectivity index is 3.07. The first-order valence-electron chi connectivity index (χ1n) is 11.6. The van der Waals surface area contributed by atoms with Crippen LogP contribution in [-0.4, -0.2) is 67.2 Å². The first-order chi connectivity index (χ1) is 14.2. The van der Waals surface area contributed by atoms with Crippen LogP contribution in [0.15, 0.2) is 0 Å². The lowest BCUT2D eigenvalue weighted by Gasteiger charge is -2.43. The van der Waals surface area contributed by atoms with Crippen molar-refractivity contribution in [3.63, 3.8) is 0 Å². The molecule has 0 bridgehead atoms. The van der Waals surface area contributed by atoms with Gasteiger partial charge in [0.1, 0.15) is 11.7 Å². The normalized spacial score (nSPS) is 22.4. The zero-order valence-corrected chi connectivity index (χ0v) is 19.9. The van der Waals surface area contributed by atoms with Crippen LogP contribution in [0, 0.1) is 0 Å². The minimum atomic E-state index is -0.696. The number of hydrogen-bond donors (Lipinski definition) is 0. The summed E-state index contributed by atoms with van der Waals surface area (Å²) < 4.78 is 23.6. The number of hydrogen-bond acceptors (Lipinski definition) is 6. The second-order valence-corrected chi connectivity index (χ2v) is 8.90. The fourth-order valence-corrected chi connectivity index (χ4v) is 3.25. The summed E-state index contributed by atoms with van der Waals surface area (Å²) in [4.78, 5) is 27.1. The third-order valence-electron chi connectivity index (χ3n) is 4.88. The highest BCUT2D eigenvalue weighted by atomic mass is 16.6. The molecular formula is C23H43NO6. The smallest absolute Gasteiger partial charge is 0.417 e. The molecule has 1 heterocycles. The summed E-state index contributed by atoms with van der Waals surface area (Å²) >= 11 is 0. The molecule has 0 aromatic heterocycles. The Morgan fingerprint density at radius 2 is 1.53 bits per heavy atom. The fourth-order valence-electron chi connectivity index (χ4n) is 3.25. The molecular weight excluding hydrogens is 386 g/mol. The lowest BCUT2D eigenvalue weighted by Crippen LogP contribution is -2.63. The van der Waals surface area contributed by atoms with Crippen LogP contribution in [0.2, 0.25) is 0 Å². The van der Waals surface area contributed by atoms with E-state index in [0.29, 0.717) is 19.8 Å². The molecule has 0 radical (unpaired) electrons. The van der Waals surface area contributed by atoms with Crippen LogP contribution in [0.4, 0.5) is 4.79 Å². The van der Waals surface area contributed by atoms with Crippen molar-refractivity contribution in [3.8, 4) is 0 Å². The molecule has 1 rings (SSSR count). The van der Waals surface area contributed by atoms with Crippen molar-refractivity contribution in [1.82, 2.24) is 4.90 Å². The zero-order chi connectivity index (χ0) is 22.6. The summed E-state index contributed by atoms with van der Waals surface area (Å²) in [6.07, 6.45) is 4.40. The summed E-state index contributed by atoms with van der Waals surface area (Å²) in [6, 6.07) is -0.568. The van der Waals surface area contributed by atoms with E-state index in [0.717, 1.165) is 38.5 Å². The standard InChI is InChI=1S/C23H43NO6/c1-7-10-13-27-17-18-21(29-15-12-9-3)19(28-14-11-8-2)16-20(25)24(18)22(26)30-23(4,5)6/h18-19,21H,7-17H2,1-6H3/t18?,19-,21+/m1/s1. The number of nitrogens with zero attached hydrogens (tertiary/aromatic N) is 1. The second-order valence-electron chi connectivity index (χ2n) is 8.90. The molecule has 7 nitrogen and oxygen atoms in total. The molecule has 7 heteroatoms. The minimum Gasteiger partial charge on any atom is -0.443 e. The van der Waals surface area contributed by atoms with Gasteiger partial charge in [-0.25, -0.2) is 9.69 Å². The van der Waals surface area contributed by atoms with Crippen LogP contribution in [0.1, 0.15) is 86.5 Å². The highest BCUT2D eigenvalue weighted by Crippen LogP contribution is 2.27. The number of unbranched alkanes of at least 4 members (excludes halogenated alkanes) is 3. The first kappa shape index (κ1) is 26.9. The monoisotopic (exact) mass is 429 g/mol.